The summed E-state index contributed by atoms with van der Waals surface area (Å²) in [4.78, 5) is 12.3. The molecule has 256 valence electrons. The zero-order valence-corrected chi connectivity index (χ0v) is 28.0. The van der Waals surface area contributed by atoms with Gasteiger partial charge in [0.1, 0.15) is 24.2 Å². The number of hydrogen-bond acceptors (Lipinski definition) is 8. The van der Waals surface area contributed by atoms with Crippen LogP contribution in [0.25, 0.3) is 0 Å². The number of nitrogens with zero attached hydrogens (tertiary/aromatic N) is 1. The highest BCUT2D eigenvalue weighted by atomic mass is 32.2. The summed E-state index contributed by atoms with van der Waals surface area (Å²) < 4.78 is 33.6. The van der Waals surface area contributed by atoms with E-state index in [1.807, 2.05) is 12.1 Å². The highest BCUT2D eigenvalue weighted by molar-refractivity contribution is 7.89. The number of ether oxygens (including phenoxy) is 1. The van der Waals surface area contributed by atoms with Gasteiger partial charge in [0.25, 0.3) is 0 Å². The van der Waals surface area contributed by atoms with Gasteiger partial charge in [0.05, 0.1) is 4.90 Å². The highest BCUT2D eigenvalue weighted by Crippen LogP contribution is 2.24. The molecule has 1 fully saturated rings. The number of amides is 2. The molecule has 12 heteroatoms. The third-order valence-corrected chi connectivity index (χ3v) is 10.0. The number of sulfonamides is 1. The molecule has 1 atom stereocenters. The molecular formula is C35H49N5O6S. The molecule has 1 saturated heterocycles. The highest BCUT2D eigenvalue weighted by Gasteiger charge is 2.29. The van der Waals surface area contributed by atoms with Crippen molar-refractivity contribution >= 4 is 27.4 Å². The van der Waals surface area contributed by atoms with Crippen LogP contribution in [0.3, 0.4) is 0 Å². The van der Waals surface area contributed by atoms with E-state index in [1.165, 1.54) is 9.87 Å². The molecule has 0 aromatic heterocycles. The molecule has 1 heterocycles. The fourth-order valence-corrected chi connectivity index (χ4v) is 6.80. The maximum atomic E-state index is 13.3. The zero-order chi connectivity index (χ0) is 33.5. The van der Waals surface area contributed by atoms with Gasteiger partial charge in [-0.1, -0.05) is 38.3 Å². The van der Waals surface area contributed by atoms with Crippen molar-refractivity contribution in [3.63, 3.8) is 0 Å². The van der Waals surface area contributed by atoms with Crippen LogP contribution in [0, 0.1) is 0 Å². The Morgan fingerprint density at radius 1 is 0.915 bits per heavy atom. The van der Waals surface area contributed by atoms with Gasteiger partial charge >= 0.3 is 6.03 Å². The largest absolute Gasteiger partial charge is 0.508 e. The Bertz CT molecular complexity index is 1460. The molecule has 1 aliphatic rings. The summed E-state index contributed by atoms with van der Waals surface area (Å²) in [6, 6.07) is 20.8. The van der Waals surface area contributed by atoms with Crippen molar-refractivity contribution in [2.24, 2.45) is 0 Å². The third kappa shape index (κ3) is 12.0. The molecule has 0 saturated carbocycles. The van der Waals surface area contributed by atoms with Gasteiger partial charge in [0.2, 0.25) is 10.0 Å². The number of nitrogens with one attached hydrogen (secondary N) is 4. The average Bonchev–Trinajstić information content (AvgIpc) is 3.07. The Morgan fingerprint density at radius 2 is 1.60 bits per heavy atom. The van der Waals surface area contributed by atoms with Crippen molar-refractivity contribution in [3.8, 4) is 11.5 Å². The van der Waals surface area contributed by atoms with Crippen LogP contribution in [0.2, 0.25) is 0 Å². The van der Waals surface area contributed by atoms with E-state index in [0.717, 1.165) is 37.8 Å². The number of urea groups is 1. The van der Waals surface area contributed by atoms with Gasteiger partial charge < -0.3 is 36.2 Å². The molecule has 0 unspecified atom stereocenters. The van der Waals surface area contributed by atoms with E-state index in [4.69, 9.17) is 4.74 Å². The maximum absolute atomic E-state index is 13.3. The molecule has 2 amide bonds. The minimum absolute atomic E-state index is 0.161. The van der Waals surface area contributed by atoms with Gasteiger partial charge in [-0.2, -0.15) is 4.31 Å². The van der Waals surface area contributed by atoms with E-state index in [9.17, 15) is 23.4 Å². The predicted molar refractivity (Wildman–Crippen MR) is 186 cm³/mol. The van der Waals surface area contributed by atoms with Gasteiger partial charge in [-0.05, 0) is 98.5 Å². The minimum Gasteiger partial charge on any atom is -0.508 e. The number of anilines is 2. The first-order valence-corrected chi connectivity index (χ1v) is 18.0. The average molecular weight is 668 g/mol. The molecule has 6 N–H and O–H groups in total. The normalized spacial score (nSPS) is 14.8. The summed E-state index contributed by atoms with van der Waals surface area (Å²) in [5.41, 5.74) is 2.72. The number of benzene rings is 3. The third-order valence-electron chi connectivity index (χ3n) is 8.09. The fraction of sp³-hybridized carbons (Fsp3) is 0.457. The number of carbonyl (C=O) groups excluding carboxylic acids is 1. The first-order valence-electron chi connectivity index (χ1n) is 16.5. The van der Waals surface area contributed by atoms with Crippen molar-refractivity contribution in [3.05, 3.63) is 78.4 Å². The maximum Gasteiger partial charge on any atom is 0.319 e. The van der Waals surface area contributed by atoms with Crippen LogP contribution in [-0.2, 0) is 16.4 Å². The van der Waals surface area contributed by atoms with E-state index in [-0.39, 0.29) is 29.3 Å². The van der Waals surface area contributed by atoms with Crippen LogP contribution >= 0.6 is 0 Å². The van der Waals surface area contributed by atoms with E-state index in [0.29, 0.717) is 57.0 Å². The molecule has 3 aromatic rings. The number of unbranched alkanes of at least 4 members (excludes halogenated alkanes) is 3. The number of aromatic hydroxyl groups is 1. The number of carbonyl (C=O) groups is 1. The molecule has 11 nitrogen and oxygen atoms in total. The van der Waals surface area contributed by atoms with E-state index >= 15 is 0 Å². The number of rotatable bonds is 18. The van der Waals surface area contributed by atoms with Gasteiger partial charge in [0.15, 0.2) is 0 Å². The first kappa shape index (κ1) is 36.0. The Kier molecular flexibility index (Phi) is 14.2. The van der Waals surface area contributed by atoms with Crippen molar-refractivity contribution in [1.29, 1.82) is 0 Å². The molecule has 3 aromatic carbocycles. The summed E-state index contributed by atoms with van der Waals surface area (Å²) in [6.45, 7) is 4.89. The lowest BCUT2D eigenvalue weighted by atomic mass is 10.1. The molecule has 0 radical (unpaired) electrons. The molecule has 1 aliphatic heterocycles. The number of aliphatic hydroxyl groups excluding tert-OH is 1. The van der Waals surface area contributed by atoms with Gasteiger partial charge in [-0.25, -0.2) is 13.2 Å². The molecule has 0 bridgehead atoms. The lowest BCUT2D eigenvalue weighted by molar-refractivity contribution is 0.106. The SMILES string of the molecule is CCCCCCNC(=O)Nc1ccc(S(=O)(=O)N2CCC(Nc3ccc(CCNC[C@H](O)COc4ccc(O)cc4)cc3)CC2)cc1. The molecular weight excluding hydrogens is 618 g/mol. The van der Waals surface area contributed by atoms with Crippen molar-refractivity contribution in [2.75, 3.05) is 50.0 Å². The topological polar surface area (TPSA) is 152 Å². The van der Waals surface area contributed by atoms with Gasteiger partial charge in [-0.3, -0.25) is 0 Å². The number of hydrogen-bond donors (Lipinski definition) is 6. The fourth-order valence-electron chi connectivity index (χ4n) is 5.33. The second-order valence-electron chi connectivity index (χ2n) is 11.9. The van der Waals surface area contributed by atoms with E-state index in [2.05, 4.69) is 40.3 Å². The standard InChI is InChI=1S/C35H49N5O6S/c1-2-3-4-5-21-37-35(43)39-29-10-16-34(17-11-29)47(44,45)40-23-19-30(20-24-40)38-28-8-6-27(7-9-28)18-22-36-25-32(42)26-46-33-14-12-31(41)13-15-33/h6-17,30,32,36,38,41-42H,2-5,18-26H2,1H3,(H2,37,39,43)/t32-/m0/s1. The van der Waals surface area contributed by atoms with Crippen LogP contribution in [-0.4, -0.2) is 80.4 Å². The lowest BCUT2D eigenvalue weighted by Gasteiger charge is -2.32. The van der Waals surface area contributed by atoms with Crippen molar-refractivity contribution in [2.45, 2.75) is 68.9 Å². The van der Waals surface area contributed by atoms with Crippen LogP contribution in [0.5, 0.6) is 11.5 Å². The van der Waals surface area contributed by atoms with Gasteiger partial charge in [0, 0.05) is 43.6 Å². The Labute approximate surface area is 278 Å². The zero-order valence-electron chi connectivity index (χ0n) is 27.2. The Morgan fingerprint density at radius 3 is 2.28 bits per heavy atom. The number of phenols is 1. The van der Waals surface area contributed by atoms with E-state index < -0.39 is 16.1 Å². The summed E-state index contributed by atoms with van der Waals surface area (Å²) in [5.74, 6) is 0.764. The second kappa shape index (κ2) is 18.5. The summed E-state index contributed by atoms with van der Waals surface area (Å²) in [6.07, 6.45) is 5.87. The number of piperidine rings is 1. The van der Waals surface area contributed by atoms with Crippen LogP contribution in [0.1, 0.15) is 51.0 Å². The summed E-state index contributed by atoms with van der Waals surface area (Å²) >= 11 is 0. The molecule has 0 spiro atoms. The second-order valence-corrected chi connectivity index (χ2v) is 13.8. The first-order chi connectivity index (χ1) is 22.7. The Balaban J connectivity index is 1.12. The Hall–Kier alpha value is -3.84. The monoisotopic (exact) mass is 667 g/mol. The number of phenolic OH excluding ortho intramolecular Hbond substituents is 1. The van der Waals surface area contributed by atoms with Crippen molar-refractivity contribution < 1.29 is 28.2 Å². The van der Waals surface area contributed by atoms with Gasteiger partial charge in [-0.15, -0.1) is 0 Å². The molecule has 4 rings (SSSR count). The number of aliphatic hydroxyl groups is 1. The van der Waals surface area contributed by atoms with E-state index in [1.54, 1.807) is 48.5 Å². The summed E-state index contributed by atoms with van der Waals surface area (Å²) in [5, 5.41) is 31.9. The quantitative estimate of drug-likeness (QED) is 0.105. The molecule has 47 heavy (non-hydrogen) atoms. The minimum atomic E-state index is -3.63. The van der Waals surface area contributed by atoms with Crippen LogP contribution < -0.4 is 26.0 Å². The van der Waals surface area contributed by atoms with Crippen molar-refractivity contribution in [1.82, 2.24) is 14.9 Å². The smallest absolute Gasteiger partial charge is 0.319 e. The summed E-state index contributed by atoms with van der Waals surface area (Å²) in [7, 11) is -3.63. The lowest BCUT2D eigenvalue weighted by Crippen LogP contribution is -2.42. The molecule has 0 aliphatic carbocycles. The predicted octanol–water partition coefficient (Wildman–Crippen LogP) is 4.93. The van der Waals surface area contributed by atoms with Crippen LogP contribution in [0.4, 0.5) is 16.2 Å². The van der Waals surface area contributed by atoms with Crippen LogP contribution in [0.15, 0.2) is 77.7 Å².